The van der Waals surface area contributed by atoms with E-state index in [4.69, 9.17) is 34.7 Å². The molecule has 1 aromatic carbocycles. The zero-order valence-electron chi connectivity index (χ0n) is 8.09. The van der Waals surface area contributed by atoms with Gasteiger partial charge in [0.05, 0.1) is 10.0 Å². The zero-order valence-corrected chi connectivity index (χ0v) is 9.60. The Labute approximate surface area is 102 Å². The predicted molar refractivity (Wildman–Crippen MR) is 65.5 cm³/mol. The van der Waals surface area contributed by atoms with Gasteiger partial charge in [0, 0.05) is 5.56 Å². The number of hydrazine groups is 1. The first kappa shape index (κ1) is 10.9. The Morgan fingerprint density at radius 2 is 1.88 bits per heavy atom. The molecule has 0 atom stereocenters. The molecule has 0 radical (unpaired) electrons. The van der Waals surface area contributed by atoms with Crippen molar-refractivity contribution in [2.75, 3.05) is 0 Å². The molecule has 0 fully saturated rings. The number of rotatable bonds is 1. The van der Waals surface area contributed by atoms with Gasteiger partial charge in [-0.3, -0.25) is 10.9 Å². The molecule has 0 spiro atoms. The molecule has 0 saturated carbocycles. The molecule has 16 heavy (non-hydrogen) atoms. The van der Waals surface area contributed by atoms with Crippen molar-refractivity contribution in [1.82, 2.24) is 10.9 Å². The lowest BCUT2D eigenvalue weighted by atomic mass is 10.1. The molecule has 5 nitrogen and oxygen atoms in total. The summed E-state index contributed by atoms with van der Waals surface area (Å²) in [6, 6.07) is 5.24. The minimum absolute atomic E-state index is 0.194. The van der Waals surface area contributed by atoms with Crippen molar-refractivity contribution in [3.8, 4) is 0 Å². The van der Waals surface area contributed by atoms with Crippen molar-refractivity contribution in [2.45, 2.75) is 0 Å². The summed E-state index contributed by atoms with van der Waals surface area (Å²) in [4.78, 5) is 3.89. The number of guanidine groups is 1. The molecule has 0 aliphatic carbocycles. The van der Waals surface area contributed by atoms with Crippen LogP contribution in [-0.4, -0.2) is 5.96 Å². The maximum atomic E-state index is 6.06. The Balaban J connectivity index is 2.53. The third-order valence-electron chi connectivity index (χ3n) is 2.03. The van der Waals surface area contributed by atoms with Crippen molar-refractivity contribution in [3.63, 3.8) is 0 Å². The van der Waals surface area contributed by atoms with Gasteiger partial charge in [0.15, 0.2) is 5.82 Å². The number of nitrogens with one attached hydrogen (secondary N) is 2. The molecule has 7 heteroatoms. The van der Waals surface area contributed by atoms with Crippen molar-refractivity contribution in [1.29, 1.82) is 0 Å². The topological polar surface area (TPSA) is 88.5 Å². The highest BCUT2D eigenvalue weighted by Gasteiger charge is 2.15. The molecule has 0 amide bonds. The number of hydrogen-bond acceptors (Lipinski definition) is 5. The largest absolute Gasteiger partial charge is 0.382 e. The van der Waals surface area contributed by atoms with E-state index in [1.54, 1.807) is 18.2 Å². The van der Waals surface area contributed by atoms with Crippen molar-refractivity contribution in [2.24, 2.45) is 16.5 Å². The van der Waals surface area contributed by atoms with Gasteiger partial charge >= 0.3 is 0 Å². The van der Waals surface area contributed by atoms with Crippen LogP contribution in [0.15, 0.2) is 29.0 Å². The van der Waals surface area contributed by atoms with E-state index in [1.807, 2.05) is 0 Å². The van der Waals surface area contributed by atoms with Crippen LogP contribution in [-0.2, 0) is 0 Å². The van der Waals surface area contributed by atoms with Gasteiger partial charge in [-0.15, -0.1) is 0 Å². The van der Waals surface area contributed by atoms with Gasteiger partial charge in [0.25, 0.3) is 0 Å². The van der Waals surface area contributed by atoms with Gasteiger partial charge in [-0.1, -0.05) is 35.3 Å². The fourth-order valence-corrected chi connectivity index (χ4v) is 1.70. The molecule has 1 aliphatic heterocycles. The van der Waals surface area contributed by atoms with E-state index in [0.717, 1.165) is 0 Å². The summed E-state index contributed by atoms with van der Waals surface area (Å²) >= 11 is 12.0. The van der Waals surface area contributed by atoms with Crippen LogP contribution in [0.2, 0.25) is 10.0 Å². The second-order valence-corrected chi connectivity index (χ2v) is 3.89. The Kier molecular flexibility index (Phi) is 2.80. The summed E-state index contributed by atoms with van der Waals surface area (Å²) in [6.07, 6.45) is 0. The number of nitrogens with two attached hydrogens (primary N) is 2. The second-order valence-electron chi connectivity index (χ2n) is 3.11. The first-order chi connectivity index (χ1) is 7.59. The summed E-state index contributed by atoms with van der Waals surface area (Å²) in [5.41, 5.74) is 17.8. The average Bonchev–Trinajstić information content (AvgIpc) is 2.23. The van der Waals surface area contributed by atoms with Gasteiger partial charge in [0.2, 0.25) is 5.96 Å². The summed E-state index contributed by atoms with van der Waals surface area (Å²) in [5, 5.41) is 0.857. The number of benzene rings is 1. The highest BCUT2D eigenvalue weighted by Crippen LogP contribution is 2.30. The monoisotopic (exact) mass is 257 g/mol. The van der Waals surface area contributed by atoms with Gasteiger partial charge < -0.3 is 11.5 Å². The van der Waals surface area contributed by atoms with E-state index < -0.39 is 0 Å². The summed E-state index contributed by atoms with van der Waals surface area (Å²) in [5.74, 6) is 0.444. The molecule has 1 aromatic rings. The molecule has 0 unspecified atom stereocenters. The second kappa shape index (κ2) is 4.11. The molecule has 1 heterocycles. The van der Waals surface area contributed by atoms with E-state index in [1.165, 1.54) is 0 Å². The molecule has 6 N–H and O–H groups in total. The minimum Gasteiger partial charge on any atom is -0.382 e. The third kappa shape index (κ3) is 1.87. The van der Waals surface area contributed by atoms with E-state index >= 15 is 0 Å². The van der Waals surface area contributed by atoms with E-state index in [2.05, 4.69) is 15.8 Å². The molecular weight excluding hydrogens is 249 g/mol. The van der Waals surface area contributed by atoms with Crippen LogP contribution in [0.5, 0.6) is 0 Å². The van der Waals surface area contributed by atoms with Crippen molar-refractivity contribution < 1.29 is 0 Å². The number of halogens is 2. The lowest BCUT2D eigenvalue weighted by Gasteiger charge is -2.19. The van der Waals surface area contributed by atoms with Crippen LogP contribution < -0.4 is 22.3 Å². The lowest BCUT2D eigenvalue weighted by Crippen LogP contribution is -2.45. The highest BCUT2D eigenvalue weighted by atomic mass is 35.5. The SMILES string of the molecule is NC1=NC(N)=C(c2cccc(Cl)c2Cl)NN1. The van der Waals surface area contributed by atoms with Gasteiger partial charge in [0.1, 0.15) is 5.70 Å². The van der Waals surface area contributed by atoms with Crippen LogP contribution in [0.4, 0.5) is 0 Å². The first-order valence-corrected chi connectivity index (χ1v) is 5.15. The standard InChI is InChI=1S/C9H9Cl2N5/c10-5-3-1-2-4(6(5)11)7-8(12)14-9(13)16-15-7/h1-3,15H,12H2,(H3,13,14,16). The smallest absolute Gasteiger partial charge is 0.214 e. The van der Waals surface area contributed by atoms with Gasteiger partial charge in [-0.25, -0.2) is 0 Å². The van der Waals surface area contributed by atoms with E-state index in [9.17, 15) is 0 Å². The Morgan fingerprint density at radius 1 is 1.12 bits per heavy atom. The number of hydrogen-bond donors (Lipinski definition) is 4. The number of nitrogens with zero attached hydrogens (tertiary/aromatic N) is 1. The third-order valence-corrected chi connectivity index (χ3v) is 2.85. The van der Waals surface area contributed by atoms with Gasteiger partial charge in [-0.2, -0.15) is 4.99 Å². The van der Waals surface area contributed by atoms with Gasteiger partial charge in [-0.05, 0) is 6.07 Å². The van der Waals surface area contributed by atoms with Crippen molar-refractivity contribution in [3.05, 3.63) is 39.6 Å². The molecule has 0 bridgehead atoms. The normalized spacial score (nSPS) is 15.2. The molecule has 2 rings (SSSR count). The van der Waals surface area contributed by atoms with E-state index in [0.29, 0.717) is 21.3 Å². The Morgan fingerprint density at radius 3 is 2.56 bits per heavy atom. The molecule has 0 aromatic heterocycles. The Hall–Kier alpha value is -1.59. The van der Waals surface area contributed by atoms with Crippen LogP contribution in [0, 0.1) is 0 Å². The predicted octanol–water partition coefficient (Wildman–Crippen LogP) is 1.00. The quantitative estimate of drug-likeness (QED) is 0.605. The highest BCUT2D eigenvalue weighted by molar-refractivity contribution is 6.43. The first-order valence-electron chi connectivity index (χ1n) is 4.40. The zero-order chi connectivity index (χ0) is 11.7. The molecule has 84 valence electrons. The van der Waals surface area contributed by atoms with Crippen LogP contribution in [0.25, 0.3) is 5.70 Å². The average molecular weight is 258 g/mol. The number of aliphatic imine (C=N–C) groups is 1. The van der Waals surface area contributed by atoms with Crippen LogP contribution >= 0.6 is 23.2 Å². The van der Waals surface area contributed by atoms with E-state index in [-0.39, 0.29) is 11.8 Å². The summed E-state index contributed by atoms with van der Waals surface area (Å²) in [6.45, 7) is 0. The van der Waals surface area contributed by atoms with Crippen LogP contribution in [0.3, 0.4) is 0 Å². The maximum Gasteiger partial charge on any atom is 0.214 e. The minimum atomic E-state index is 0.194. The molecule has 0 saturated heterocycles. The van der Waals surface area contributed by atoms with Crippen molar-refractivity contribution >= 4 is 34.9 Å². The molecule has 1 aliphatic rings. The summed E-state index contributed by atoms with van der Waals surface area (Å²) < 4.78 is 0. The fraction of sp³-hybridized carbons (Fsp3) is 0. The Bertz CT molecular complexity index is 495. The fourth-order valence-electron chi connectivity index (χ4n) is 1.31. The maximum absolute atomic E-state index is 6.06. The molecular formula is C9H9Cl2N5. The summed E-state index contributed by atoms with van der Waals surface area (Å²) in [7, 11) is 0. The van der Waals surface area contributed by atoms with Crippen LogP contribution in [0.1, 0.15) is 5.56 Å². The lowest BCUT2D eigenvalue weighted by molar-refractivity contribution is 0.797.